The maximum Gasteiger partial charge on any atom is 0.271 e. The predicted octanol–water partition coefficient (Wildman–Crippen LogP) is 2.89. The molecule has 0 saturated heterocycles. The molecule has 0 aromatic heterocycles. The highest BCUT2D eigenvalue weighted by molar-refractivity contribution is 6.04. The van der Waals surface area contributed by atoms with Crippen molar-refractivity contribution in [3.8, 4) is 0 Å². The zero-order valence-corrected chi connectivity index (χ0v) is 10.9. The first-order valence-corrected chi connectivity index (χ1v) is 5.88. The number of benzene rings is 2. The Labute approximate surface area is 122 Å². The summed E-state index contributed by atoms with van der Waals surface area (Å²) in [6.07, 6.45) is 0. The van der Waals surface area contributed by atoms with Gasteiger partial charge in [0.15, 0.2) is 0 Å². The lowest BCUT2D eigenvalue weighted by Gasteiger charge is -2.06. The maximum atomic E-state index is 13.6. The Morgan fingerprint density at radius 1 is 1.00 bits per heavy atom. The van der Waals surface area contributed by atoms with E-state index in [4.69, 9.17) is 0 Å². The van der Waals surface area contributed by atoms with Crippen molar-refractivity contribution in [2.75, 3.05) is 5.32 Å². The van der Waals surface area contributed by atoms with Gasteiger partial charge in [-0.15, -0.1) is 0 Å². The van der Waals surface area contributed by atoms with Crippen LogP contribution >= 0.6 is 0 Å². The number of halogens is 1. The molecule has 0 radical (unpaired) electrons. The number of anilines is 1. The van der Waals surface area contributed by atoms with Crippen molar-refractivity contribution in [2.24, 2.45) is 0 Å². The molecule has 0 unspecified atom stereocenters. The number of hydrogen-bond acceptors (Lipinski definition) is 5. The fourth-order valence-electron chi connectivity index (χ4n) is 1.68. The lowest BCUT2D eigenvalue weighted by molar-refractivity contribution is -0.385. The third kappa shape index (κ3) is 3.20. The summed E-state index contributed by atoms with van der Waals surface area (Å²) in [5.41, 5.74) is -1.14. The molecule has 9 heteroatoms. The second-order valence-corrected chi connectivity index (χ2v) is 4.18. The number of hydrogen-bond donors (Lipinski definition) is 1. The van der Waals surface area contributed by atoms with Crippen LogP contribution in [0, 0.1) is 26.0 Å². The van der Waals surface area contributed by atoms with Crippen LogP contribution in [0.25, 0.3) is 0 Å². The normalized spacial score (nSPS) is 10.0. The first-order valence-electron chi connectivity index (χ1n) is 5.88. The van der Waals surface area contributed by atoms with Crippen LogP contribution < -0.4 is 5.32 Å². The summed E-state index contributed by atoms with van der Waals surface area (Å²) in [6, 6.07) is 7.49. The quantitative estimate of drug-likeness (QED) is 0.688. The fraction of sp³-hybridized carbons (Fsp3) is 0. The van der Waals surface area contributed by atoms with Crippen molar-refractivity contribution in [3.05, 3.63) is 74.1 Å². The van der Waals surface area contributed by atoms with E-state index in [9.17, 15) is 29.4 Å². The van der Waals surface area contributed by atoms with Gasteiger partial charge in [-0.2, -0.15) is 0 Å². The molecule has 0 aliphatic heterocycles. The molecule has 22 heavy (non-hydrogen) atoms. The molecule has 0 saturated carbocycles. The minimum Gasteiger partial charge on any atom is -0.319 e. The lowest BCUT2D eigenvalue weighted by Crippen LogP contribution is -2.13. The molecule has 8 nitrogen and oxygen atoms in total. The van der Waals surface area contributed by atoms with Crippen molar-refractivity contribution < 1.29 is 19.0 Å². The van der Waals surface area contributed by atoms with E-state index in [1.165, 1.54) is 18.2 Å². The molecule has 2 aromatic carbocycles. The highest BCUT2D eigenvalue weighted by Crippen LogP contribution is 2.22. The molecule has 2 rings (SSSR count). The summed E-state index contributed by atoms with van der Waals surface area (Å²) in [6.45, 7) is 0. The van der Waals surface area contributed by atoms with Crippen molar-refractivity contribution in [3.63, 3.8) is 0 Å². The molecule has 0 spiro atoms. The number of amides is 1. The summed E-state index contributed by atoms with van der Waals surface area (Å²) in [5, 5.41) is 23.4. The van der Waals surface area contributed by atoms with E-state index in [0.717, 1.165) is 24.3 Å². The molecule has 0 atom stereocenters. The van der Waals surface area contributed by atoms with Gasteiger partial charge >= 0.3 is 0 Å². The van der Waals surface area contributed by atoms with Gasteiger partial charge in [0.2, 0.25) is 0 Å². The van der Waals surface area contributed by atoms with Gasteiger partial charge in [-0.05, 0) is 12.1 Å². The van der Waals surface area contributed by atoms with Crippen LogP contribution in [0.15, 0.2) is 42.5 Å². The zero-order valence-electron chi connectivity index (χ0n) is 10.9. The predicted molar refractivity (Wildman–Crippen MR) is 74.1 cm³/mol. The second-order valence-electron chi connectivity index (χ2n) is 4.18. The first kappa shape index (κ1) is 15.0. The Morgan fingerprint density at radius 3 is 2.27 bits per heavy atom. The van der Waals surface area contributed by atoms with E-state index in [1.807, 2.05) is 0 Å². The van der Waals surface area contributed by atoms with E-state index in [0.29, 0.717) is 0 Å². The molecule has 1 amide bonds. The van der Waals surface area contributed by atoms with Crippen molar-refractivity contribution in [2.45, 2.75) is 0 Å². The van der Waals surface area contributed by atoms with Gasteiger partial charge in [-0.1, -0.05) is 6.07 Å². The van der Waals surface area contributed by atoms with Crippen LogP contribution in [-0.4, -0.2) is 15.8 Å². The lowest BCUT2D eigenvalue weighted by atomic mass is 10.2. The molecule has 0 aliphatic carbocycles. The minimum absolute atomic E-state index is 0.0693. The minimum atomic E-state index is -0.857. The molecule has 1 N–H and O–H groups in total. The van der Waals surface area contributed by atoms with E-state index in [2.05, 4.69) is 5.32 Å². The van der Waals surface area contributed by atoms with E-state index < -0.39 is 27.3 Å². The molecule has 0 fully saturated rings. The van der Waals surface area contributed by atoms with Crippen LogP contribution in [0.2, 0.25) is 0 Å². The fourth-order valence-corrected chi connectivity index (χ4v) is 1.68. The third-order valence-corrected chi connectivity index (χ3v) is 2.73. The van der Waals surface area contributed by atoms with Crippen LogP contribution in [0.4, 0.5) is 21.5 Å². The van der Waals surface area contributed by atoms with Crippen molar-refractivity contribution in [1.29, 1.82) is 0 Å². The Hall–Kier alpha value is -3.36. The second kappa shape index (κ2) is 5.95. The van der Waals surface area contributed by atoms with Crippen molar-refractivity contribution in [1.82, 2.24) is 0 Å². The smallest absolute Gasteiger partial charge is 0.271 e. The van der Waals surface area contributed by atoms with Gasteiger partial charge in [0.05, 0.1) is 15.5 Å². The average molecular weight is 305 g/mol. The largest absolute Gasteiger partial charge is 0.319 e. The number of carbonyl (C=O) groups is 1. The van der Waals surface area contributed by atoms with Gasteiger partial charge in [0.1, 0.15) is 5.82 Å². The highest BCUT2D eigenvalue weighted by atomic mass is 19.1. The van der Waals surface area contributed by atoms with Gasteiger partial charge < -0.3 is 5.32 Å². The topological polar surface area (TPSA) is 115 Å². The Bertz CT molecular complexity index is 778. The Morgan fingerprint density at radius 2 is 1.64 bits per heavy atom. The van der Waals surface area contributed by atoms with Gasteiger partial charge in [0.25, 0.3) is 17.3 Å². The first-order chi connectivity index (χ1) is 10.4. The molecular formula is C13H8FN3O5. The number of nitrogens with zero attached hydrogens (tertiary/aromatic N) is 2. The average Bonchev–Trinajstić information content (AvgIpc) is 2.49. The summed E-state index contributed by atoms with van der Waals surface area (Å²) in [4.78, 5) is 31.8. The van der Waals surface area contributed by atoms with Gasteiger partial charge in [-0.25, -0.2) is 4.39 Å². The van der Waals surface area contributed by atoms with Crippen LogP contribution in [0.1, 0.15) is 10.4 Å². The highest BCUT2D eigenvalue weighted by Gasteiger charge is 2.16. The van der Waals surface area contributed by atoms with Crippen LogP contribution in [-0.2, 0) is 0 Å². The molecule has 2 aromatic rings. The van der Waals surface area contributed by atoms with E-state index in [-0.39, 0.29) is 16.9 Å². The molecule has 0 heterocycles. The zero-order chi connectivity index (χ0) is 16.3. The Kier molecular flexibility index (Phi) is 4.07. The molecule has 112 valence electrons. The van der Waals surface area contributed by atoms with Gasteiger partial charge in [-0.3, -0.25) is 25.0 Å². The molecule has 0 bridgehead atoms. The van der Waals surface area contributed by atoms with Crippen LogP contribution in [0.5, 0.6) is 0 Å². The molecular weight excluding hydrogens is 297 g/mol. The summed E-state index contributed by atoms with van der Waals surface area (Å²) >= 11 is 0. The monoisotopic (exact) mass is 305 g/mol. The van der Waals surface area contributed by atoms with E-state index in [1.54, 1.807) is 0 Å². The summed E-state index contributed by atoms with van der Waals surface area (Å²) < 4.78 is 13.6. The van der Waals surface area contributed by atoms with E-state index >= 15 is 0 Å². The summed E-state index contributed by atoms with van der Waals surface area (Å²) in [7, 11) is 0. The Balaban J connectivity index is 2.29. The number of non-ortho nitro benzene ring substituents is 2. The summed E-state index contributed by atoms with van der Waals surface area (Å²) in [5.74, 6) is -1.67. The number of rotatable bonds is 4. The number of nitro groups is 2. The van der Waals surface area contributed by atoms with Gasteiger partial charge in [0, 0.05) is 29.8 Å². The third-order valence-electron chi connectivity index (χ3n) is 2.73. The van der Waals surface area contributed by atoms with Crippen LogP contribution in [0.3, 0.4) is 0 Å². The number of carbonyl (C=O) groups excluding carboxylic acids is 1. The standard InChI is InChI=1S/C13H8FN3O5/c14-11-5-4-10(17(21)22)7-12(11)15-13(18)8-2-1-3-9(6-8)16(19)20/h1-7H,(H,15,18). The molecule has 0 aliphatic rings. The van der Waals surface area contributed by atoms with Crippen molar-refractivity contribution >= 4 is 23.0 Å². The number of nitrogens with one attached hydrogen (secondary N) is 1. The maximum absolute atomic E-state index is 13.6. The number of nitro benzene ring substituents is 2. The SMILES string of the molecule is O=C(Nc1cc([N+](=O)[O-])ccc1F)c1cccc([N+](=O)[O-])c1.